The topological polar surface area (TPSA) is 103 Å². The van der Waals surface area contributed by atoms with E-state index >= 15 is 0 Å². The lowest BCUT2D eigenvalue weighted by atomic mass is 9.73. The molecule has 0 aliphatic rings. The van der Waals surface area contributed by atoms with Crippen LogP contribution in [0.2, 0.25) is 0 Å². The van der Waals surface area contributed by atoms with Crippen molar-refractivity contribution in [3.63, 3.8) is 0 Å². The van der Waals surface area contributed by atoms with E-state index in [2.05, 4.69) is 48.5 Å². The number of carboxylic acids is 1. The van der Waals surface area contributed by atoms with Gasteiger partial charge < -0.3 is 19.4 Å². The number of carbonyl (C=O) groups is 1. The van der Waals surface area contributed by atoms with E-state index in [1.54, 1.807) is 6.21 Å². The maximum atomic E-state index is 10.7. The van der Waals surface area contributed by atoms with Crippen molar-refractivity contribution in [3.8, 4) is 11.5 Å². The number of pyridine rings is 2. The molecule has 6 aromatic rings. The predicted octanol–water partition coefficient (Wildman–Crippen LogP) is 8.11. The minimum absolute atomic E-state index is 0.366. The molecule has 1 N–H and O–H groups in total. The fourth-order valence-corrected chi connectivity index (χ4v) is 5.54. The number of para-hydroxylation sites is 2. The Morgan fingerprint density at radius 1 is 0.702 bits per heavy atom. The van der Waals surface area contributed by atoms with Gasteiger partial charge in [-0.2, -0.15) is 0 Å². The Kier molecular flexibility index (Phi) is 9.67. The largest absolute Gasteiger partial charge is 0.487 e. The zero-order chi connectivity index (χ0) is 32.5. The van der Waals surface area contributed by atoms with Crippen LogP contribution in [0.3, 0.4) is 0 Å². The van der Waals surface area contributed by atoms with Gasteiger partial charge in [-0.25, -0.2) is 14.8 Å². The van der Waals surface area contributed by atoms with Gasteiger partial charge in [0.15, 0.2) is 0 Å². The number of fused-ring (bicyclic) bond motifs is 2. The van der Waals surface area contributed by atoms with Crippen LogP contribution in [0.15, 0.2) is 126 Å². The molecule has 8 nitrogen and oxygen atoms in total. The number of hydrogen-bond donors (Lipinski definition) is 1. The van der Waals surface area contributed by atoms with Gasteiger partial charge in [0.1, 0.15) is 24.7 Å². The molecule has 0 saturated carbocycles. The van der Waals surface area contributed by atoms with Gasteiger partial charge in [-0.15, -0.1) is 0 Å². The normalized spacial score (nSPS) is 11.6. The zero-order valence-electron chi connectivity index (χ0n) is 26.1. The summed E-state index contributed by atoms with van der Waals surface area (Å²) in [4.78, 5) is 25.0. The lowest BCUT2D eigenvalue weighted by molar-refractivity contribution is -0.142. The number of nitrogens with zero attached hydrogens (tertiary/aromatic N) is 3. The standard InChI is InChI=1S/C39H35N3O5/c1-39(23-6-24-40-47-27-38(43)44,30-13-19-34(20-14-30)45-25-32-17-11-28-7-2-4-9-36(28)41-32)31-15-21-35(22-16-31)46-26-33-18-12-29-8-3-5-10-37(29)42-33/h2-5,7-22,24H,6,23,25-27H2,1H3,(H,43,44)/b40-24+. The zero-order valence-corrected chi connectivity index (χ0v) is 26.1. The maximum Gasteiger partial charge on any atom is 0.344 e. The van der Waals surface area contributed by atoms with E-state index in [1.807, 2.05) is 84.9 Å². The second-order valence-corrected chi connectivity index (χ2v) is 11.4. The molecule has 2 heterocycles. The van der Waals surface area contributed by atoms with Crippen molar-refractivity contribution < 1.29 is 24.2 Å². The number of ether oxygens (including phenoxy) is 2. The van der Waals surface area contributed by atoms with E-state index in [0.717, 1.165) is 55.8 Å². The molecule has 0 saturated heterocycles. The van der Waals surface area contributed by atoms with Crippen LogP contribution in [0.4, 0.5) is 0 Å². The molecule has 0 unspecified atom stereocenters. The molecule has 2 aromatic heterocycles. The van der Waals surface area contributed by atoms with E-state index in [0.29, 0.717) is 26.1 Å². The minimum atomic E-state index is -1.07. The summed E-state index contributed by atoms with van der Waals surface area (Å²) in [5.41, 5.74) is 5.42. The third kappa shape index (κ3) is 7.91. The van der Waals surface area contributed by atoms with Gasteiger partial charge >= 0.3 is 5.97 Å². The van der Waals surface area contributed by atoms with E-state index in [1.165, 1.54) is 0 Å². The van der Waals surface area contributed by atoms with Crippen molar-refractivity contribution in [2.45, 2.75) is 38.4 Å². The quantitative estimate of drug-likeness (QED) is 0.0963. The second kappa shape index (κ2) is 14.6. The van der Waals surface area contributed by atoms with Crippen molar-refractivity contribution in [2.75, 3.05) is 6.61 Å². The third-order valence-corrected chi connectivity index (χ3v) is 8.18. The highest BCUT2D eigenvalue weighted by Crippen LogP contribution is 2.38. The molecule has 47 heavy (non-hydrogen) atoms. The molecular weight excluding hydrogens is 590 g/mol. The van der Waals surface area contributed by atoms with E-state index in [4.69, 9.17) is 29.4 Å². The minimum Gasteiger partial charge on any atom is -0.487 e. The number of oxime groups is 1. The molecule has 6 rings (SSSR count). The molecule has 0 aliphatic carbocycles. The van der Waals surface area contributed by atoms with E-state index < -0.39 is 18.0 Å². The molecule has 0 amide bonds. The number of aliphatic carboxylic acids is 1. The first-order valence-corrected chi connectivity index (χ1v) is 15.5. The Balaban J connectivity index is 1.15. The van der Waals surface area contributed by atoms with Crippen LogP contribution in [-0.4, -0.2) is 33.9 Å². The molecule has 0 spiro atoms. The molecule has 236 valence electrons. The summed E-state index contributed by atoms with van der Waals surface area (Å²) in [7, 11) is 0. The third-order valence-electron chi connectivity index (χ3n) is 8.18. The predicted molar refractivity (Wildman–Crippen MR) is 183 cm³/mol. The van der Waals surface area contributed by atoms with Crippen molar-refractivity contribution >= 4 is 34.0 Å². The monoisotopic (exact) mass is 625 g/mol. The smallest absolute Gasteiger partial charge is 0.344 e. The molecule has 0 atom stereocenters. The van der Waals surface area contributed by atoms with Crippen LogP contribution in [-0.2, 0) is 28.3 Å². The Morgan fingerprint density at radius 3 is 1.68 bits per heavy atom. The highest BCUT2D eigenvalue weighted by Gasteiger charge is 2.28. The fraction of sp³-hybridized carbons (Fsp3) is 0.179. The average molecular weight is 626 g/mol. The Labute approximate surface area is 273 Å². The van der Waals surface area contributed by atoms with Crippen molar-refractivity contribution in [1.82, 2.24) is 9.97 Å². The number of aromatic nitrogens is 2. The molecule has 8 heteroatoms. The number of benzene rings is 4. The maximum absolute atomic E-state index is 10.7. The van der Waals surface area contributed by atoms with Crippen LogP contribution in [0.5, 0.6) is 11.5 Å². The summed E-state index contributed by atoms with van der Waals surface area (Å²) in [6, 6.07) is 40.4. The van der Waals surface area contributed by atoms with Crippen LogP contribution in [0.25, 0.3) is 21.8 Å². The Morgan fingerprint density at radius 2 is 1.19 bits per heavy atom. The highest BCUT2D eigenvalue weighted by molar-refractivity contribution is 5.79. The highest BCUT2D eigenvalue weighted by atomic mass is 16.6. The molecule has 4 aromatic carbocycles. The van der Waals surface area contributed by atoms with Gasteiger partial charge in [0.05, 0.1) is 22.4 Å². The first kappa shape index (κ1) is 31.2. The first-order valence-electron chi connectivity index (χ1n) is 15.5. The van der Waals surface area contributed by atoms with Crippen LogP contribution >= 0.6 is 0 Å². The second-order valence-electron chi connectivity index (χ2n) is 11.4. The van der Waals surface area contributed by atoms with Crippen molar-refractivity contribution in [2.24, 2.45) is 5.16 Å². The van der Waals surface area contributed by atoms with Gasteiger partial charge in [0, 0.05) is 22.4 Å². The summed E-state index contributed by atoms with van der Waals surface area (Å²) in [6.45, 7) is 2.44. The number of carboxylic acid groups (broad SMARTS) is 1. The number of rotatable bonds is 14. The van der Waals surface area contributed by atoms with Crippen LogP contribution in [0.1, 0.15) is 42.3 Å². The molecule has 0 bridgehead atoms. The summed E-state index contributed by atoms with van der Waals surface area (Å²) in [6.07, 6.45) is 2.90. The summed E-state index contributed by atoms with van der Waals surface area (Å²) < 4.78 is 12.2. The summed E-state index contributed by atoms with van der Waals surface area (Å²) >= 11 is 0. The average Bonchev–Trinajstić information content (AvgIpc) is 3.11. The lowest BCUT2D eigenvalue weighted by Gasteiger charge is -2.31. The van der Waals surface area contributed by atoms with Gasteiger partial charge in [-0.05, 0) is 72.5 Å². The molecular formula is C39H35N3O5. The van der Waals surface area contributed by atoms with E-state index in [-0.39, 0.29) is 0 Å². The first-order chi connectivity index (χ1) is 23.0. The van der Waals surface area contributed by atoms with Crippen LogP contribution < -0.4 is 9.47 Å². The van der Waals surface area contributed by atoms with Gasteiger partial charge in [0.25, 0.3) is 0 Å². The Hall–Kier alpha value is -5.76. The number of hydrogen-bond acceptors (Lipinski definition) is 7. The Bertz CT molecular complexity index is 1860. The SMILES string of the molecule is CC(CC/C=N/OCC(=O)O)(c1ccc(OCc2ccc3ccccc3n2)cc1)c1ccc(OCc2ccc3ccccc3n2)cc1. The molecule has 0 radical (unpaired) electrons. The van der Waals surface area contributed by atoms with Gasteiger partial charge in [0.2, 0.25) is 6.61 Å². The van der Waals surface area contributed by atoms with Gasteiger partial charge in [-0.1, -0.05) is 84.9 Å². The van der Waals surface area contributed by atoms with Crippen LogP contribution in [0, 0.1) is 0 Å². The van der Waals surface area contributed by atoms with Gasteiger partial charge in [-0.3, -0.25) is 0 Å². The van der Waals surface area contributed by atoms with Crippen molar-refractivity contribution in [1.29, 1.82) is 0 Å². The summed E-state index contributed by atoms with van der Waals surface area (Å²) in [5, 5.41) is 14.8. The fourth-order valence-electron chi connectivity index (χ4n) is 5.54. The summed E-state index contributed by atoms with van der Waals surface area (Å²) in [5.74, 6) is 0.436. The molecule has 0 aliphatic heterocycles. The van der Waals surface area contributed by atoms with Crippen molar-refractivity contribution in [3.05, 3.63) is 144 Å². The molecule has 0 fully saturated rings. The van der Waals surface area contributed by atoms with E-state index in [9.17, 15) is 4.79 Å². The lowest BCUT2D eigenvalue weighted by Crippen LogP contribution is -2.24.